The van der Waals surface area contributed by atoms with Crippen molar-refractivity contribution in [1.82, 2.24) is 4.90 Å². The lowest BCUT2D eigenvalue weighted by Crippen LogP contribution is -2.38. The van der Waals surface area contributed by atoms with E-state index in [1.165, 1.54) is 0 Å². The molecule has 14 heavy (non-hydrogen) atoms. The van der Waals surface area contributed by atoms with Crippen LogP contribution in [0.4, 0.5) is 0 Å². The third kappa shape index (κ3) is 3.89. The van der Waals surface area contributed by atoms with Crippen molar-refractivity contribution in [2.45, 2.75) is 6.92 Å². The van der Waals surface area contributed by atoms with E-state index in [9.17, 15) is 4.79 Å². The van der Waals surface area contributed by atoms with Crippen molar-refractivity contribution < 1.29 is 14.3 Å². The van der Waals surface area contributed by atoms with Gasteiger partial charge in [0.05, 0.1) is 13.2 Å². The molecule has 1 rings (SSSR count). The first-order valence-corrected chi connectivity index (χ1v) is 4.83. The molecule has 0 aromatic rings. The summed E-state index contributed by atoms with van der Waals surface area (Å²) in [6, 6.07) is 0. The van der Waals surface area contributed by atoms with Crippen LogP contribution in [0.5, 0.6) is 0 Å². The van der Waals surface area contributed by atoms with Crippen molar-refractivity contribution in [3.8, 4) is 0 Å². The van der Waals surface area contributed by atoms with Crippen molar-refractivity contribution in [3.63, 3.8) is 0 Å². The van der Waals surface area contributed by atoms with E-state index in [4.69, 9.17) is 9.47 Å². The largest absolute Gasteiger partial charge is 0.461 e. The summed E-state index contributed by atoms with van der Waals surface area (Å²) in [5, 5.41) is 0. The third-order valence-electron chi connectivity index (χ3n) is 2.09. The first-order valence-electron chi connectivity index (χ1n) is 4.83. The smallest absolute Gasteiger partial charge is 0.333 e. The van der Waals surface area contributed by atoms with E-state index in [2.05, 4.69) is 11.5 Å². The highest BCUT2D eigenvalue weighted by atomic mass is 16.5. The molecule has 1 fully saturated rings. The first-order chi connectivity index (χ1) is 6.70. The van der Waals surface area contributed by atoms with Crippen LogP contribution in [-0.4, -0.2) is 50.3 Å². The zero-order valence-corrected chi connectivity index (χ0v) is 8.62. The number of carbonyl (C=O) groups excluding carboxylic acids is 1. The molecule has 1 heterocycles. The average molecular weight is 199 g/mol. The van der Waals surface area contributed by atoms with Gasteiger partial charge in [0.15, 0.2) is 0 Å². The van der Waals surface area contributed by atoms with Crippen LogP contribution in [0.25, 0.3) is 0 Å². The molecule has 4 heteroatoms. The molecule has 1 aliphatic rings. The Labute approximate surface area is 84.5 Å². The van der Waals surface area contributed by atoms with Gasteiger partial charge in [0.1, 0.15) is 6.61 Å². The fourth-order valence-corrected chi connectivity index (χ4v) is 1.22. The molecule has 0 N–H and O–H groups in total. The zero-order valence-electron chi connectivity index (χ0n) is 8.62. The zero-order chi connectivity index (χ0) is 10.4. The lowest BCUT2D eigenvalue weighted by Gasteiger charge is -2.26. The Bertz CT molecular complexity index is 209. The Kier molecular flexibility index (Phi) is 4.62. The van der Waals surface area contributed by atoms with Crippen LogP contribution in [0.3, 0.4) is 0 Å². The summed E-state index contributed by atoms with van der Waals surface area (Å²) in [6.45, 7) is 9.77. The Morgan fingerprint density at radius 1 is 1.50 bits per heavy atom. The van der Waals surface area contributed by atoms with Gasteiger partial charge in [-0.05, 0) is 6.92 Å². The Morgan fingerprint density at radius 3 is 2.71 bits per heavy atom. The highest BCUT2D eigenvalue weighted by molar-refractivity contribution is 5.86. The number of morpholine rings is 1. The van der Waals surface area contributed by atoms with Gasteiger partial charge < -0.3 is 9.47 Å². The van der Waals surface area contributed by atoms with E-state index in [1.807, 2.05) is 0 Å². The summed E-state index contributed by atoms with van der Waals surface area (Å²) in [6.07, 6.45) is 0. The SMILES string of the molecule is C=C(C)C(=O)OCCN1CCOCC1. The summed E-state index contributed by atoms with van der Waals surface area (Å²) < 4.78 is 10.2. The molecule has 0 saturated carbocycles. The molecular formula is C10H17NO3. The molecule has 0 aromatic carbocycles. The molecular weight excluding hydrogens is 182 g/mol. The first kappa shape index (κ1) is 11.2. The maximum Gasteiger partial charge on any atom is 0.333 e. The van der Waals surface area contributed by atoms with Gasteiger partial charge >= 0.3 is 5.97 Å². The molecule has 0 aliphatic carbocycles. The second kappa shape index (κ2) is 5.78. The number of nitrogens with zero attached hydrogens (tertiary/aromatic N) is 1. The Balaban J connectivity index is 2.08. The average Bonchev–Trinajstić information content (AvgIpc) is 2.19. The van der Waals surface area contributed by atoms with Gasteiger partial charge in [-0.25, -0.2) is 4.79 Å². The molecule has 80 valence electrons. The highest BCUT2D eigenvalue weighted by Gasteiger charge is 2.10. The number of hydrogen-bond donors (Lipinski definition) is 0. The number of rotatable bonds is 4. The van der Waals surface area contributed by atoms with Crippen LogP contribution >= 0.6 is 0 Å². The fraction of sp³-hybridized carbons (Fsp3) is 0.700. The monoisotopic (exact) mass is 199 g/mol. The molecule has 0 atom stereocenters. The van der Waals surface area contributed by atoms with Gasteiger partial charge in [0.2, 0.25) is 0 Å². The van der Waals surface area contributed by atoms with Crippen LogP contribution in [0.15, 0.2) is 12.2 Å². The van der Waals surface area contributed by atoms with E-state index >= 15 is 0 Å². The van der Waals surface area contributed by atoms with E-state index in [1.54, 1.807) is 6.92 Å². The minimum absolute atomic E-state index is 0.307. The molecule has 1 saturated heterocycles. The number of hydrogen-bond acceptors (Lipinski definition) is 4. The minimum atomic E-state index is -0.307. The molecule has 4 nitrogen and oxygen atoms in total. The summed E-state index contributed by atoms with van der Waals surface area (Å²) in [5.74, 6) is -0.307. The van der Waals surface area contributed by atoms with Gasteiger partial charge in [-0.3, -0.25) is 4.90 Å². The maximum absolute atomic E-state index is 11.0. The summed E-state index contributed by atoms with van der Waals surface area (Å²) >= 11 is 0. The fourth-order valence-electron chi connectivity index (χ4n) is 1.22. The van der Waals surface area contributed by atoms with Gasteiger partial charge in [0.25, 0.3) is 0 Å². The second-order valence-electron chi connectivity index (χ2n) is 3.37. The predicted octanol–water partition coefficient (Wildman–Crippen LogP) is 0.438. The van der Waals surface area contributed by atoms with Crippen molar-refractivity contribution in [1.29, 1.82) is 0 Å². The molecule has 0 spiro atoms. The van der Waals surface area contributed by atoms with Crippen LogP contribution < -0.4 is 0 Å². The quantitative estimate of drug-likeness (QED) is 0.486. The van der Waals surface area contributed by atoms with E-state index in [0.717, 1.165) is 32.8 Å². The van der Waals surface area contributed by atoms with E-state index < -0.39 is 0 Å². The highest BCUT2D eigenvalue weighted by Crippen LogP contribution is 1.97. The normalized spacial score (nSPS) is 17.8. The number of carbonyl (C=O) groups is 1. The molecule has 0 radical (unpaired) electrons. The van der Waals surface area contributed by atoms with Crippen LogP contribution in [0, 0.1) is 0 Å². The summed E-state index contributed by atoms with van der Waals surface area (Å²) in [5.41, 5.74) is 0.451. The molecule has 1 aliphatic heterocycles. The van der Waals surface area contributed by atoms with Crippen molar-refractivity contribution >= 4 is 5.97 Å². The van der Waals surface area contributed by atoms with E-state index in [-0.39, 0.29) is 5.97 Å². The third-order valence-corrected chi connectivity index (χ3v) is 2.09. The topological polar surface area (TPSA) is 38.8 Å². The van der Waals surface area contributed by atoms with Gasteiger partial charge in [0, 0.05) is 25.2 Å². The minimum Gasteiger partial charge on any atom is -0.461 e. The van der Waals surface area contributed by atoms with Crippen LogP contribution in [0.2, 0.25) is 0 Å². The lowest BCUT2D eigenvalue weighted by atomic mass is 10.4. The molecule has 0 bridgehead atoms. The van der Waals surface area contributed by atoms with Crippen molar-refractivity contribution in [3.05, 3.63) is 12.2 Å². The Morgan fingerprint density at radius 2 is 2.14 bits per heavy atom. The van der Waals surface area contributed by atoms with Crippen LogP contribution in [-0.2, 0) is 14.3 Å². The second-order valence-corrected chi connectivity index (χ2v) is 3.37. The lowest BCUT2D eigenvalue weighted by molar-refractivity contribution is -0.139. The predicted molar refractivity (Wildman–Crippen MR) is 53.0 cm³/mol. The summed E-state index contributed by atoms with van der Waals surface area (Å²) in [7, 11) is 0. The van der Waals surface area contributed by atoms with Gasteiger partial charge in [-0.15, -0.1) is 0 Å². The number of ether oxygens (including phenoxy) is 2. The van der Waals surface area contributed by atoms with Gasteiger partial charge in [-0.1, -0.05) is 6.58 Å². The molecule has 0 aromatic heterocycles. The van der Waals surface area contributed by atoms with Crippen LogP contribution in [0.1, 0.15) is 6.92 Å². The standard InChI is InChI=1S/C10H17NO3/c1-9(2)10(12)14-8-5-11-3-6-13-7-4-11/h1,3-8H2,2H3. The summed E-state index contributed by atoms with van der Waals surface area (Å²) in [4.78, 5) is 13.2. The van der Waals surface area contributed by atoms with Crippen molar-refractivity contribution in [2.75, 3.05) is 39.5 Å². The molecule has 0 amide bonds. The van der Waals surface area contributed by atoms with Gasteiger partial charge in [-0.2, -0.15) is 0 Å². The van der Waals surface area contributed by atoms with E-state index in [0.29, 0.717) is 12.2 Å². The number of esters is 1. The molecule has 0 unspecified atom stereocenters. The van der Waals surface area contributed by atoms with Crippen molar-refractivity contribution in [2.24, 2.45) is 0 Å². The Hall–Kier alpha value is -0.870. The maximum atomic E-state index is 11.0.